The maximum Gasteiger partial charge on any atom is 0.344 e. The fraction of sp³-hybridized carbons (Fsp3) is 0.333. The summed E-state index contributed by atoms with van der Waals surface area (Å²) in [7, 11) is 0. The van der Waals surface area contributed by atoms with Crippen molar-refractivity contribution in [2.75, 3.05) is 25.5 Å². The van der Waals surface area contributed by atoms with Gasteiger partial charge in [0.2, 0.25) is 0 Å². The fourth-order valence-corrected chi connectivity index (χ4v) is 3.16. The Morgan fingerprint density at radius 3 is 2.26 bits per heavy atom. The second-order valence-corrected chi connectivity index (χ2v) is 7.45. The van der Waals surface area contributed by atoms with Crippen LogP contribution in [0.25, 0.3) is 0 Å². The van der Waals surface area contributed by atoms with Crippen molar-refractivity contribution < 1.29 is 19.1 Å². The molecule has 0 saturated heterocycles. The molecule has 0 bridgehead atoms. The van der Waals surface area contributed by atoms with Crippen LogP contribution < -0.4 is 10.1 Å². The first-order chi connectivity index (χ1) is 12.9. The lowest BCUT2D eigenvalue weighted by atomic mass is 10.1. The standard InChI is InChI=1S/C21H25NO4S/c1-15-4-6-19(7-5-15)27-9-8-22-20(23)13-26-21(24)14-25-18-11-16(2)10-17(3)12-18/h4-7,10-12H,8-9,13-14H2,1-3H3,(H,22,23). The molecule has 0 fully saturated rings. The van der Waals surface area contributed by atoms with Crippen molar-refractivity contribution in [1.29, 1.82) is 0 Å². The van der Waals surface area contributed by atoms with E-state index in [9.17, 15) is 9.59 Å². The van der Waals surface area contributed by atoms with E-state index in [1.807, 2.05) is 39.0 Å². The predicted octanol–water partition coefficient (Wildman–Crippen LogP) is 3.44. The molecule has 27 heavy (non-hydrogen) atoms. The molecule has 2 aromatic rings. The number of carbonyl (C=O) groups is 2. The average Bonchev–Trinajstić information content (AvgIpc) is 2.62. The second kappa shape index (κ2) is 10.6. The Kier molecular flexibility index (Phi) is 8.20. The van der Waals surface area contributed by atoms with Crippen LogP contribution in [0.15, 0.2) is 47.4 Å². The first-order valence-electron chi connectivity index (χ1n) is 8.75. The van der Waals surface area contributed by atoms with Gasteiger partial charge in [0.25, 0.3) is 5.91 Å². The zero-order chi connectivity index (χ0) is 19.6. The number of ether oxygens (including phenoxy) is 2. The van der Waals surface area contributed by atoms with Gasteiger partial charge in [-0.1, -0.05) is 23.8 Å². The number of thioether (sulfide) groups is 1. The first-order valence-corrected chi connectivity index (χ1v) is 9.74. The van der Waals surface area contributed by atoms with Crippen LogP contribution in [0.4, 0.5) is 0 Å². The Morgan fingerprint density at radius 2 is 1.59 bits per heavy atom. The van der Waals surface area contributed by atoms with Crippen LogP contribution in [-0.2, 0) is 14.3 Å². The van der Waals surface area contributed by atoms with Crippen LogP contribution in [-0.4, -0.2) is 37.4 Å². The van der Waals surface area contributed by atoms with E-state index >= 15 is 0 Å². The third kappa shape index (κ3) is 8.17. The minimum absolute atomic E-state index is 0.223. The van der Waals surface area contributed by atoms with E-state index in [0.717, 1.165) is 21.8 Å². The monoisotopic (exact) mass is 387 g/mol. The maximum absolute atomic E-state index is 11.7. The minimum Gasteiger partial charge on any atom is -0.482 e. The minimum atomic E-state index is -0.571. The van der Waals surface area contributed by atoms with E-state index in [-0.39, 0.29) is 19.1 Å². The summed E-state index contributed by atoms with van der Waals surface area (Å²) in [5.74, 6) is 0.470. The van der Waals surface area contributed by atoms with Gasteiger partial charge >= 0.3 is 5.97 Å². The van der Waals surface area contributed by atoms with Crippen LogP contribution >= 0.6 is 11.8 Å². The van der Waals surface area contributed by atoms with Gasteiger partial charge in [-0.05, 0) is 56.2 Å². The number of hydrogen-bond donors (Lipinski definition) is 1. The Hall–Kier alpha value is -2.47. The summed E-state index contributed by atoms with van der Waals surface area (Å²) in [6.45, 7) is 5.94. The molecule has 0 aromatic heterocycles. The van der Waals surface area contributed by atoms with Crippen LogP contribution in [0.1, 0.15) is 16.7 Å². The van der Waals surface area contributed by atoms with Gasteiger partial charge in [0.05, 0.1) is 0 Å². The third-order valence-corrected chi connectivity index (χ3v) is 4.64. The van der Waals surface area contributed by atoms with E-state index in [0.29, 0.717) is 12.3 Å². The van der Waals surface area contributed by atoms with Crippen molar-refractivity contribution >= 4 is 23.6 Å². The molecule has 0 aliphatic carbocycles. The average molecular weight is 388 g/mol. The highest BCUT2D eigenvalue weighted by Crippen LogP contribution is 2.17. The van der Waals surface area contributed by atoms with Crippen LogP contribution in [0.2, 0.25) is 0 Å². The predicted molar refractivity (Wildman–Crippen MR) is 107 cm³/mol. The highest BCUT2D eigenvalue weighted by molar-refractivity contribution is 7.99. The molecule has 2 aromatic carbocycles. The number of benzene rings is 2. The number of carbonyl (C=O) groups excluding carboxylic acids is 2. The molecule has 0 spiro atoms. The Morgan fingerprint density at radius 1 is 0.926 bits per heavy atom. The number of amides is 1. The summed E-state index contributed by atoms with van der Waals surface area (Å²) in [6.07, 6.45) is 0. The van der Waals surface area contributed by atoms with Gasteiger partial charge in [0.1, 0.15) is 5.75 Å². The smallest absolute Gasteiger partial charge is 0.344 e. The summed E-state index contributed by atoms with van der Waals surface area (Å²) in [4.78, 5) is 24.6. The molecule has 0 aliphatic heterocycles. The molecule has 0 unspecified atom stereocenters. The lowest BCUT2D eigenvalue weighted by molar-refractivity contribution is -0.150. The van der Waals surface area contributed by atoms with Crippen LogP contribution in [0.5, 0.6) is 5.75 Å². The van der Waals surface area contributed by atoms with E-state index < -0.39 is 5.97 Å². The summed E-state index contributed by atoms with van der Waals surface area (Å²) < 4.78 is 10.3. The molecule has 0 saturated carbocycles. The number of nitrogens with one attached hydrogen (secondary N) is 1. The molecule has 1 amide bonds. The summed E-state index contributed by atoms with van der Waals surface area (Å²) in [6, 6.07) is 13.9. The first kappa shape index (κ1) is 20.8. The quantitative estimate of drug-likeness (QED) is 0.406. The van der Waals surface area contributed by atoms with Crippen molar-refractivity contribution in [3.63, 3.8) is 0 Å². The van der Waals surface area contributed by atoms with E-state index in [2.05, 4.69) is 29.6 Å². The molecule has 1 N–H and O–H groups in total. The second-order valence-electron chi connectivity index (χ2n) is 6.28. The zero-order valence-electron chi connectivity index (χ0n) is 15.9. The van der Waals surface area contributed by atoms with Gasteiger partial charge in [-0.3, -0.25) is 4.79 Å². The van der Waals surface area contributed by atoms with Gasteiger partial charge in [-0.2, -0.15) is 0 Å². The molecule has 0 heterocycles. The summed E-state index contributed by atoms with van der Waals surface area (Å²) in [5.41, 5.74) is 3.33. The van der Waals surface area contributed by atoms with Crippen molar-refractivity contribution in [3.8, 4) is 5.75 Å². The number of aryl methyl sites for hydroxylation is 3. The van der Waals surface area contributed by atoms with Crippen LogP contribution in [0, 0.1) is 20.8 Å². The van der Waals surface area contributed by atoms with E-state index in [1.165, 1.54) is 5.56 Å². The third-order valence-electron chi connectivity index (χ3n) is 3.63. The topological polar surface area (TPSA) is 64.6 Å². The lowest BCUT2D eigenvalue weighted by Crippen LogP contribution is -2.31. The van der Waals surface area contributed by atoms with Crippen molar-refractivity contribution in [2.24, 2.45) is 0 Å². The molecule has 0 radical (unpaired) electrons. The molecule has 0 aliphatic rings. The largest absolute Gasteiger partial charge is 0.482 e. The maximum atomic E-state index is 11.7. The van der Waals surface area contributed by atoms with Crippen molar-refractivity contribution in [2.45, 2.75) is 25.7 Å². The SMILES string of the molecule is Cc1ccc(SCCNC(=O)COC(=O)COc2cc(C)cc(C)c2)cc1. The fourth-order valence-electron chi connectivity index (χ4n) is 2.39. The summed E-state index contributed by atoms with van der Waals surface area (Å²) in [5, 5.41) is 2.73. The van der Waals surface area contributed by atoms with Gasteiger partial charge in [-0.15, -0.1) is 11.8 Å². The Bertz CT molecular complexity index is 754. The van der Waals surface area contributed by atoms with Crippen molar-refractivity contribution in [1.82, 2.24) is 5.32 Å². The van der Waals surface area contributed by atoms with Crippen LogP contribution in [0.3, 0.4) is 0 Å². The normalized spacial score (nSPS) is 10.3. The van der Waals surface area contributed by atoms with E-state index in [1.54, 1.807) is 11.8 Å². The molecule has 0 atom stereocenters. The molecule has 6 heteroatoms. The number of rotatable bonds is 9. The molecule has 2 rings (SSSR count). The zero-order valence-corrected chi connectivity index (χ0v) is 16.7. The number of hydrogen-bond acceptors (Lipinski definition) is 5. The highest BCUT2D eigenvalue weighted by atomic mass is 32.2. The van der Waals surface area contributed by atoms with Gasteiger partial charge in [0.15, 0.2) is 13.2 Å². The molecule has 5 nitrogen and oxygen atoms in total. The molecular weight excluding hydrogens is 362 g/mol. The van der Waals surface area contributed by atoms with Gasteiger partial charge in [0, 0.05) is 17.2 Å². The molecular formula is C21H25NO4S. The Labute approximate surface area is 164 Å². The lowest BCUT2D eigenvalue weighted by Gasteiger charge is -2.09. The van der Waals surface area contributed by atoms with Gasteiger partial charge in [-0.25, -0.2) is 4.79 Å². The van der Waals surface area contributed by atoms with Crippen molar-refractivity contribution in [3.05, 3.63) is 59.2 Å². The number of esters is 1. The highest BCUT2D eigenvalue weighted by Gasteiger charge is 2.08. The summed E-state index contributed by atoms with van der Waals surface area (Å²) >= 11 is 1.66. The van der Waals surface area contributed by atoms with Gasteiger partial charge < -0.3 is 14.8 Å². The van der Waals surface area contributed by atoms with E-state index in [4.69, 9.17) is 9.47 Å². The molecule has 144 valence electrons. The Balaban J connectivity index is 1.59.